The van der Waals surface area contributed by atoms with Crippen LogP contribution >= 0.6 is 0 Å². The van der Waals surface area contributed by atoms with Gasteiger partial charge in [0.05, 0.1) is 10.5 Å². The van der Waals surface area contributed by atoms with Crippen LogP contribution in [0.1, 0.15) is 24.7 Å². The lowest BCUT2D eigenvalue weighted by Gasteiger charge is -2.06. The monoisotopic (exact) mass is 365 g/mol. The molecule has 0 radical (unpaired) electrons. The van der Waals surface area contributed by atoms with Gasteiger partial charge in [-0.3, -0.25) is 10.1 Å². The molecule has 0 N–H and O–H groups in total. The van der Waals surface area contributed by atoms with Crippen molar-refractivity contribution in [2.75, 3.05) is 14.1 Å². The molecule has 1 saturated carbocycles. The van der Waals surface area contributed by atoms with Crippen LogP contribution in [0, 0.1) is 10.1 Å². The van der Waals surface area contributed by atoms with Gasteiger partial charge in [0.25, 0.3) is 15.7 Å². The van der Waals surface area contributed by atoms with Crippen molar-refractivity contribution in [2.24, 2.45) is 4.40 Å². The summed E-state index contributed by atoms with van der Waals surface area (Å²) >= 11 is 0. The van der Waals surface area contributed by atoms with Crippen LogP contribution in [0.2, 0.25) is 0 Å². The van der Waals surface area contributed by atoms with E-state index in [2.05, 4.69) is 14.6 Å². The Kier molecular flexibility index (Phi) is 4.25. The summed E-state index contributed by atoms with van der Waals surface area (Å²) in [5, 5.41) is 18.8. The third-order valence-corrected chi connectivity index (χ3v) is 4.73. The van der Waals surface area contributed by atoms with Crippen LogP contribution in [-0.4, -0.2) is 48.9 Å². The van der Waals surface area contributed by atoms with Crippen LogP contribution in [0.5, 0.6) is 0 Å². The molecule has 0 amide bonds. The van der Waals surface area contributed by atoms with Gasteiger partial charge >= 0.3 is 0 Å². The summed E-state index contributed by atoms with van der Waals surface area (Å²) in [6, 6.07) is 3.41. The van der Waals surface area contributed by atoms with Crippen molar-refractivity contribution >= 4 is 22.0 Å². The van der Waals surface area contributed by atoms with Crippen LogP contribution in [0.25, 0.3) is 11.5 Å². The van der Waals surface area contributed by atoms with E-state index in [4.69, 9.17) is 4.42 Å². The van der Waals surface area contributed by atoms with E-state index in [1.54, 1.807) is 14.1 Å². The quantitative estimate of drug-likeness (QED) is 0.327. The van der Waals surface area contributed by atoms with Crippen molar-refractivity contribution in [3.8, 4) is 11.5 Å². The Balaban J connectivity index is 2.12. The number of hydrogen-bond donors (Lipinski definition) is 0. The lowest BCUT2D eigenvalue weighted by atomic mass is 10.2. The maximum atomic E-state index is 12.5. The fraction of sp³-hybridized carbons (Fsp3) is 0.357. The molecule has 0 aliphatic heterocycles. The van der Waals surface area contributed by atoms with Crippen LogP contribution < -0.4 is 0 Å². The highest BCUT2D eigenvalue weighted by Gasteiger charge is 2.31. The number of aromatic nitrogens is 2. The van der Waals surface area contributed by atoms with E-state index in [0.717, 1.165) is 25.2 Å². The number of hydrogen-bond acceptors (Lipinski definition) is 7. The summed E-state index contributed by atoms with van der Waals surface area (Å²) in [6.45, 7) is 0. The molecule has 1 fully saturated rings. The molecule has 2 aromatic rings. The van der Waals surface area contributed by atoms with Crippen molar-refractivity contribution in [3.63, 3.8) is 0 Å². The molecule has 1 aromatic heterocycles. The number of non-ortho nitro benzene ring substituents is 1. The number of nitro benzene ring substituents is 1. The minimum atomic E-state index is -4.19. The Morgan fingerprint density at radius 3 is 2.68 bits per heavy atom. The molecule has 1 aromatic carbocycles. The predicted octanol–water partition coefficient (Wildman–Crippen LogP) is 1.80. The first-order valence-electron chi connectivity index (χ1n) is 7.37. The minimum Gasteiger partial charge on any atom is -0.420 e. The molecule has 1 heterocycles. The Bertz CT molecular complexity index is 946. The highest BCUT2D eigenvalue weighted by Crippen LogP contribution is 2.40. The van der Waals surface area contributed by atoms with Gasteiger partial charge in [0.15, 0.2) is 0 Å². The second-order valence-electron chi connectivity index (χ2n) is 5.82. The summed E-state index contributed by atoms with van der Waals surface area (Å²) in [6.07, 6.45) is 2.99. The lowest BCUT2D eigenvalue weighted by molar-refractivity contribution is -0.385. The van der Waals surface area contributed by atoms with Crippen LogP contribution in [0.4, 0.5) is 5.69 Å². The van der Waals surface area contributed by atoms with E-state index < -0.39 is 14.9 Å². The van der Waals surface area contributed by atoms with Gasteiger partial charge in [0.1, 0.15) is 11.2 Å². The maximum Gasteiger partial charge on any atom is 0.284 e. The average Bonchev–Trinajstić information content (AvgIpc) is 3.30. The molecule has 0 bridgehead atoms. The highest BCUT2D eigenvalue weighted by atomic mass is 32.2. The SMILES string of the molecule is CN(C)C=NS(=O)(=O)c1cc([N+](=O)[O-])ccc1-c1nnc(C2CC2)o1. The standard InChI is InChI=1S/C14H15N5O5S/c1-18(2)8-15-25(22,23)12-7-10(19(20)21)5-6-11(12)14-17-16-13(24-14)9-3-4-9/h5-9H,3-4H2,1-2H3. The van der Waals surface area contributed by atoms with E-state index >= 15 is 0 Å². The molecular formula is C14H15N5O5S. The molecule has 1 aliphatic rings. The molecule has 132 valence electrons. The van der Waals surface area contributed by atoms with Gasteiger partial charge in [0, 0.05) is 32.1 Å². The van der Waals surface area contributed by atoms with Gasteiger partial charge in [-0.25, -0.2) is 0 Å². The molecule has 25 heavy (non-hydrogen) atoms. The number of nitro groups is 1. The molecule has 1 aliphatic carbocycles. The molecule has 10 nitrogen and oxygen atoms in total. The van der Waals surface area contributed by atoms with Gasteiger partial charge in [-0.05, 0) is 18.9 Å². The van der Waals surface area contributed by atoms with Gasteiger partial charge in [-0.1, -0.05) is 0 Å². The van der Waals surface area contributed by atoms with E-state index in [9.17, 15) is 18.5 Å². The third kappa shape index (κ3) is 3.65. The van der Waals surface area contributed by atoms with Crippen molar-refractivity contribution in [2.45, 2.75) is 23.7 Å². The van der Waals surface area contributed by atoms with Crippen molar-refractivity contribution in [3.05, 3.63) is 34.2 Å². The molecule has 0 spiro atoms. The van der Waals surface area contributed by atoms with Gasteiger partial charge in [0.2, 0.25) is 11.8 Å². The number of nitrogens with zero attached hydrogens (tertiary/aromatic N) is 5. The van der Waals surface area contributed by atoms with E-state index in [-0.39, 0.29) is 28.0 Å². The first kappa shape index (κ1) is 17.0. The first-order chi connectivity index (χ1) is 11.8. The van der Waals surface area contributed by atoms with Crippen molar-refractivity contribution in [1.29, 1.82) is 0 Å². The summed E-state index contributed by atoms with van der Waals surface area (Å²) in [7, 11) is -0.981. The topological polar surface area (TPSA) is 132 Å². The van der Waals surface area contributed by atoms with E-state index in [1.165, 1.54) is 17.0 Å². The number of sulfonamides is 1. The molecule has 3 rings (SSSR count). The van der Waals surface area contributed by atoms with Crippen LogP contribution in [0.3, 0.4) is 0 Å². The fourth-order valence-corrected chi connectivity index (χ4v) is 3.20. The van der Waals surface area contributed by atoms with Gasteiger partial charge in [-0.15, -0.1) is 14.6 Å². The second-order valence-corrected chi connectivity index (χ2v) is 7.42. The zero-order valence-corrected chi connectivity index (χ0v) is 14.3. The third-order valence-electron chi connectivity index (χ3n) is 3.47. The smallest absolute Gasteiger partial charge is 0.284 e. The Labute approximate surface area is 143 Å². The average molecular weight is 365 g/mol. The largest absolute Gasteiger partial charge is 0.420 e. The summed E-state index contributed by atoms with van der Waals surface area (Å²) in [5.41, 5.74) is -0.287. The Morgan fingerprint density at radius 1 is 1.36 bits per heavy atom. The Morgan fingerprint density at radius 2 is 2.08 bits per heavy atom. The molecule has 0 unspecified atom stereocenters. The lowest BCUT2D eigenvalue weighted by Crippen LogP contribution is -2.10. The molecule has 11 heteroatoms. The van der Waals surface area contributed by atoms with Crippen LogP contribution in [-0.2, 0) is 10.0 Å². The van der Waals surface area contributed by atoms with E-state index in [1.807, 2.05) is 0 Å². The zero-order chi connectivity index (χ0) is 18.2. The number of rotatable bonds is 6. The van der Waals surface area contributed by atoms with E-state index in [0.29, 0.717) is 5.89 Å². The summed E-state index contributed by atoms with van der Waals surface area (Å²) in [4.78, 5) is 11.4. The van der Waals surface area contributed by atoms with Crippen molar-refractivity contribution in [1.82, 2.24) is 15.1 Å². The molecular weight excluding hydrogens is 350 g/mol. The fourth-order valence-electron chi connectivity index (χ4n) is 2.07. The number of benzene rings is 1. The Hall–Kier alpha value is -2.82. The minimum absolute atomic E-state index is 0.00424. The predicted molar refractivity (Wildman–Crippen MR) is 87.7 cm³/mol. The van der Waals surface area contributed by atoms with Crippen LogP contribution in [0.15, 0.2) is 31.9 Å². The highest BCUT2D eigenvalue weighted by molar-refractivity contribution is 7.90. The normalized spacial score (nSPS) is 14.8. The van der Waals surface area contributed by atoms with Gasteiger partial charge in [-0.2, -0.15) is 8.42 Å². The van der Waals surface area contributed by atoms with Crippen molar-refractivity contribution < 1.29 is 17.8 Å². The zero-order valence-electron chi connectivity index (χ0n) is 13.5. The van der Waals surface area contributed by atoms with Gasteiger partial charge < -0.3 is 9.32 Å². The summed E-state index contributed by atoms with van der Waals surface area (Å²) in [5.74, 6) is 0.634. The molecule has 0 saturated heterocycles. The first-order valence-corrected chi connectivity index (χ1v) is 8.81. The molecule has 0 atom stereocenters. The maximum absolute atomic E-state index is 12.5. The summed E-state index contributed by atoms with van der Waals surface area (Å²) < 4.78 is 34.1. The second kappa shape index (κ2) is 6.24.